The number of nitrogens with zero attached hydrogens (tertiary/aromatic N) is 3. The molecule has 0 atom stereocenters. The molecule has 2 heterocycles. The molecule has 5 nitrogen and oxygen atoms in total. The lowest BCUT2D eigenvalue weighted by Gasteiger charge is -2.27. The molecule has 1 aromatic carbocycles. The van der Waals surface area contributed by atoms with E-state index in [1.165, 1.54) is 18.3 Å². The molecule has 0 bridgehead atoms. The molecule has 1 aliphatic rings. The van der Waals surface area contributed by atoms with Crippen molar-refractivity contribution in [3.63, 3.8) is 0 Å². The van der Waals surface area contributed by atoms with Crippen molar-refractivity contribution < 1.29 is 13.9 Å². The fourth-order valence-electron chi connectivity index (χ4n) is 2.76. The van der Waals surface area contributed by atoms with E-state index in [0.29, 0.717) is 53.7 Å². The van der Waals surface area contributed by atoms with Gasteiger partial charge in [0.1, 0.15) is 11.6 Å². The monoisotopic (exact) mass is 441 g/mol. The van der Waals surface area contributed by atoms with E-state index in [4.69, 9.17) is 16.3 Å². The van der Waals surface area contributed by atoms with Gasteiger partial charge in [0.15, 0.2) is 0 Å². The first-order valence-electron chi connectivity index (χ1n) is 8.13. The van der Waals surface area contributed by atoms with E-state index < -0.39 is 0 Å². The van der Waals surface area contributed by atoms with Crippen LogP contribution in [-0.4, -0.2) is 49.1 Å². The second-order valence-corrected chi connectivity index (χ2v) is 7.29. The van der Waals surface area contributed by atoms with Gasteiger partial charge in [-0.15, -0.1) is 0 Å². The molecular formula is C18H18BrClFN3O2. The minimum atomic E-state index is -0.301. The van der Waals surface area contributed by atoms with Crippen molar-refractivity contribution in [3.05, 3.63) is 56.9 Å². The zero-order chi connectivity index (χ0) is 18.7. The third kappa shape index (κ3) is 4.34. The summed E-state index contributed by atoms with van der Waals surface area (Å²) in [6.45, 7) is 2.71. The molecule has 0 unspecified atom stereocenters. The van der Waals surface area contributed by atoms with Crippen LogP contribution in [0.3, 0.4) is 0 Å². The first-order chi connectivity index (χ1) is 12.5. The fraction of sp³-hybridized carbons (Fsp3) is 0.333. The molecule has 1 saturated heterocycles. The van der Waals surface area contributed by atoms with Crippen LogP contribution in [0.5, 0.6) is 0 Å². The van der Waals surface area contributed by atoms with Gasteiger partial charge in [0.2, 0.25) is 0 Å². The van der Waals surface area contributed by atoms with E-state index >= 15 is 0 Å². The van der Waals surface area contributed by atoms with Crippen LogP contribution in [0.1, 0.15) is 15.9 Å². The second-order valence-electron chi connectivity index (χ2n) is 6.03. The topological polar surface area (TPSA) is 45.7 Å². The fourth-order valence-corrected chi connectivity index (χ4v) is 3.54. The second kappa shape index (κ2) is 8.33. The van der Waals surface area contributed by atoms with Crippen LogP contribution in [0.2, 0.25) is 5.02 Å². The Bertz CT molecular complexity index is 815. The molecule has 0 radical (unpaired) electrons. The molecule has 0 saturated carbocycles. The number of aromatic nitrogens is 1. The molecule has 1 amide bonds. The molecule has 1 fully saturated rings. The Morgan fingerprint density at radius 1 is 1.38 bits per heavy atom. The minimum Gasteiger partial charge on any atom is -0.378 e. The predicted molar refractivity (Wildman–Crippen MR) is 102 cm³/mol. The van der Waals surface area contributed by atoms with Crippen LogP contribution in [0.25, 0.3) is 0 Å². The van der Waals surface area contributed by atoms with E-state index in [9.17, 15) is 9.18 Å². The van der Waals surface area contributed by atoms with Crippen molar-refractivity contribution in [1.82, 2.24) is 9.88 Å². The number of ether oxygens (including phenoxy) is 1. The van der Waals surface area contributed by atoms with Crippen molar-refractivity contribution in [2.24, 2.45) is 0 Å². The molecule has 8 heteroatoms. The molecule has 0 aliphatic carbocycles. The molecular weight excluding hydrogens is 425 g/mol. The average Bonchev–Trinajstić information content (AvgIpc) is 2.64. The van der Waals surface area contributed by atoms with Gasteiger partial charge < -0.3 is 14.5 Å². The molecule has 0 N–H and O–H groups in total. The summed E-state index contributed by atoms with van der Waals surface area (Å²) in [5.41, 5.74) is 1.36. The van der Waals surface area contributed by atoms with Gasteiger partial charge in [-0.3, -0.25) is 4.79 Å². The number of hydrogen-bond acceptors (Lipinski definition) is 4. The van der Waals surface area contributed by atoms with Crippen LogP contribution < -0.4 is 4.90 Å². The van der Waals surface area contributed by atoms with E-state index in [1.807, 2.05) is 11.9 Å². The number of anilines is 1. The average molecular weight is 443 g/mol. The number of benzene rings is 1. The summed E-state index contributed by atoms with van der Waals surface area (Å²) < 4.78 is 19.2. The molecule has 138 valence electrons. The Kier molecular flexibility index (Phi) is 6.11. The number of carbonyl (C=O) groups excluding carboxylic acids is 1. The summed E-state index contributed by atoms with van der Waals surface area (Å²) in [5.74, 6) is 0.157. The number of amides is 1. The first kappa shape index (κ1) is 19.1. The van der Waals surface area contributed by atoms with Gasteiger partial charge in [-0.2, -0.15) is 0 Å². The Morgan fingerprint density at radius 3 is 2.77 bits per heavy atom. The number of pyridine rings is 1. The highest BCUT2D eigenvalue weighted by atomic mass is 79.9. The molecule has 1 aliphatic heterocycles. The van der Waals surface area contributed by atoms with Gasteiger partial charge in [0.05, 0.1) is 23.8 Å². The summed E-state index contributed by atoms with van der Waals surface area (Å²) in [7, 11) is 1.84. The third-order valence-electron chi connectivity index (χ3n) is 4.15. The number of halogens is 3. The van der Waals surface area contributed by atoms with Crippen LogP contribution in [-0.2, 0) is 11.3 Å². The van der Waals surface area contributed by atoms with Crippen LogP contribution >= 0.6 is 27.5 Å². The lowest BCUT2D eigenvalue weighted by molar-refractivity contribution is 0.0302. The SMILES string of the molecule is CN(Cc1ccc(F)cc1Br)c1ncc(C(=O)N2CCOCC2)cc1Cl. The Hall–Kier alpha value is -1.70. The first-order valence-corrected chi connectivity index (χ1v) is 9.30. The largest absolute Gasteiger partial charge is 0.378 e. The van der Waals surface area contributed by atoms with Crippen LogP contribution in [0, 0.1) is 5.82 Å². The molecule has 0 spiro atoms. The summed E-state index contributed by atoms with van der Waals surface area (Å²) in [5, 5.41) is 0.393. The molecule has 1 aromatic heterocycles. The zero-order valence-corrected chi connectivity index (χ0v) is 16.6. The van der Waals surface area contributed by atoms with Crippen molar-refractivity contribution in [3.8, 4) is 0 Å². The lowest BCUT2D eigenvalue weighted by atomic mass is 10.2. The minimum absolute atomic E-state index is 0.0989. The van der Waals surface area contributed by atoms with E-state index in [0.717, 1.165) is 5.56 Å². The highest BCUT2D eigenvalue weighted by Crippen LogP contribution is 2.27. The van der Waals surface area contributed by atoms with Crippen molar-refractivity contribution in [2.75, 3.05) is 38.3 Å². The zero-order valence-electron chi connectivity index (χ0n) is 14.2. The van der Waals surface area contributed by atoms with E-state index in [-0.39, 0.29) is 11.7 Å². The standard InChI is InChI=1S/C18H18BrClFN3O2/c1-23(11-12-2-3-14(21)9-15(12)19)17-16(20)8-13(10-22-17)18(25)24-4-6-26-7-5-24/h2-3,8-10H,4-7,11H2,1H3. The summed E-state index contributed by atoms with van der Waals surface area (Å²) >= 11 is 9.73. The maximum Gasteiger partial charge on any atom is 0.255 e. The number of hydrogen-bond donors (Lipinski definition) is 0. The Balaban J connectivity index is 1.75. The van der Waals surface area contributed by atoms with Crippen molar-refractivity contribution >= 4 is 39.3 Å². The molecule has 26 heavy (non-hydrogen) atoms. The van der Waals surface area contributed by atoms with Gasteiger partial charge in [-0.1, -0.05) is 33.6 Å². The maximum absolute atomic E-state index is 13.2. The third-order valence-corrected chi connectivity index (χ3v) is 5.17. The number of carbonyl (C=O) groups is 1. The number of rotatable bonds is 4. The highest BCUT2D eigenvalue weighted by molar-refractivity contribution is 9.10. The van der Waals surface area contributed by atoms with Gasteiger partial charge in [-0.25, -0.2) is 9.37 Å². The van der Waals surface area contributed by atoms with Crippen LogP contribution in [0.15, 0.2) is 34.9 Å². The van der Waals surface area contributed by atoms with Crippen molar-refractivity contribution in [1.29, 1.82) is 0 Å². The van der Waals surface area contributed by atoms with Gasteiger partial charge in [0, 0.05) is 37.4 Å². The van der Waals surface area contributed by atoms with Crippen molar-refractivity contribution in [2.45, 2.75) is 6.54 Å². The molecule has 2 aromatic rings. The summed E-state index contributed by atoms with van der Waals surface area (Å²) in [4.78, 5) is 20.5. The Morgan fingerprint density at radius 2 is 2.12 bits per heavy atom. The normalized spacial score (nSPS) is 14.4. The maximum atomic E-state index is 13.2. The highest BCUT2D eigenvalue weighted by Gasteiger charge is 2.20. The Labute approximate surface area is 164 Å². The van der Waals surface area contributed by atoms with E-state index in [2.05, 4.69) is 20.9 Å². The lowest BCUT2D eigenvalue weighted by Crippen LogP contribution is -2.40. The summed E-state index contributed by atoms with van der Waals surface area (Å²) in [6, 6.07) is 6.17. The molecule has 3 rings (SSSR count). The van der Waals surface area contributed by atoms with E-state index in [1.54, 1.807) is 17.0 Å². The smallest absolute Gasteiger partial charge is 0.255 e. The van der Waals surface area contributed by atoms with Crippen LogP contribution in [0.4, 0.5) is 10.2 Å². The predicted octanol–water partition coefficient (Wildman–Crippen LogP) is 3.75. The quantitative estimate of drug-likeness (QED) is 0.723. The van der Waals surface area contributed by atoms with Gasteiger partial charge in [-0.05, 0) is 23.8 Å². The number of morpholine rings is 1. The van der Waals surface area contributed by atoms with Gasteiger partial charge >= 0.3 is 0 Å². The summed E-state index contributed by atoms with van der Waals surface area (Å²) in [6.07, 6.45) is 1.54. The van der Waals surface area contributed by atoms with Gasteiger partial charge in [0.25, 0.3) is 5.91 Å².